The lowest BCUT2D eigenvalue weighted by atomic mass is 10.1. The number of rotatable bonds is 10. The van der Waals surface area contributed by atoms with Crippen molar-refractivity contribution in [3.05, 3.63) is 22.4 Å². The van der Waals surface area contributed by atoms with Gasteiger partial charge in [-0.05, 0) is 82.7 Å². The second-order valence-electron chi connectivity index (χ2n) is 8.12. The maximum absolute atomic E-state index is 4.43. The highest BCUT2D eigenvalue weighted by Gasteiger charge is 2.24. The van der Waals surface area contributed by atoms with Crippen molar-refractivity contribution >= 4 is 41.3 Å². The van der Waals surface area contributed by atoms with E-state index in [1.165, 1.54) is 89.0 Å². The van der Waals surface area contributed by atoms with Crippen LogP contribution < -0.4 is 10.6 Å². The molecule has 0 aliphatic carbocycles. The highest BCUT2D eigenvalue weighted by molar-refractivity contribution is 14.0. The molecule has 2 aliphatic heterocycles. The van der Waals surface area contributed by atoms with E-state index in [1.807, 2.05) is 18.4 Å². The lowest BCUT2D eigenvalue weighted by Crippen LogP contribution is -2.42. The first-order chi connectivity index (χ1) is 13.9. The quantitative estimate of drug-likeness (QED) is 0.204. The molecule has 5 nitrogen and oxygen atoms in total. The molecule has 2 saturated heterocycles. The fourth-order valence-corrected chi connectivity index (χ4v) is 5.25. The largest absolute Gasteiger partial charge is 0.356 e. The van der Waals surface area contributed by atoms with Crippen molar-refractivity contribution in [2.45, 2.75) is 57.4 Å². The third kappa shape index (κ3) is 8.71. The minimum atomic E-state index is 0. The number of thiophene rings is 1. The minimum Gasteiger partial charge on any atom is -0.356 e. The lowest BCUT2D eigenvalue weighted by molar-refractivity contribution is 0.224. The topological polar surface area (TPSA) is 42.9 Å². The number of likely N-dealkylation sites (tertiary alicyclic amines) is 2. The Morgan fingerprint density at radius 1 is 1.03 bits per heavy atom. The summed E-state index contributed by atoms with van der Waals surface area (Å²) in [5, 5.41) is 9.27. The molecule has 0 saturated carbocycles. The predicted octanol–water partition coefficient (Wildman–Crippen LogP) is 4.32. The summed E-state index contributed by atoms with van der Waals surface area (Å²) in [6, 6.07) is 4.90. The molecule has 0 spiro atoms. The van der Waals surface area contributed by atoms with E-state index < -0.39 is 0 Å². The normalized spacial score (nSPS) is 19.7. The smallest absolute Gasteiger partial charge is 0.191 e. The molecule has 7 heteroatoms. The van der Waals surface area contributed by atoms with Gasteiger partial charge < -0.3 is 15.5 Å². The minimum absolute atomic E-state index is 0. The number of aliphatic imine (C=N–C) groups is 1. The number of guanidine groups is 1. The van der Waals surface area contributed by atoms with Crippen LogP contribution in [0.1, 0.15) is 62.3 Å². The standard InChI is InChI=1S/C22H39N5S.HI/c1-23-22(24-12-4-2-5-13-26-14-6-3-7-15-26)25-19-20(21-11-10-18-28-21)27-16-8-9-17-27;/h10-11,18,20H,2-9,12-17,19H2,1H3,(H2,23,24,25);1H. The summed E-state index contributed by atoms with van der Waals surface area (Å²) in [4.78, 5) is 11.1. The van der Waals surface area contributed by atoms with E-state index in [2.05, 4.69) is 42.9 Å². The van der Waals surface area contributed by atoms with Gasteiger partial charge in [0.15, 0.2) is 5.96 Å². The van der Waals surface area contributed by atoms with Crippen LogP contribution >= 0.6 is 35.3 Å². The van der Waals surface area contributed by atoms with E-state index in [-0.39, 0.29) is 24.0 Å². The third-order valence-corrected chi connectivity index (χ3v) is 7.01. The van der Waals surface area contributed by atoms with Crippen LogP contribution in [0, 0.1) is 0 Å². The third-order valence-electron chi connectivity index (χ3n) is 6.03. The molecule has 2 N–H and O–H groups in total. The molecular weight excluding hydrogens is 493 g/mol. The highest BCUT2D eigenvalue weighted by atomic mass is 127. The van der Waals surface area contributed by atoms with Gasteiger partial charge in [0.1, 0.15) is 0 Å². The van der Waals surface area contributed by atoms with Gasteiger partial charge in [0, 0.05) is 25.0 Å². The van der Waals surface area contributed by atoms with Gasteiger partial charge in [0.25, 0.3) is 0 Å². The summed E-state index contributed by atoms with van der Waals surface area (Å²) < 4.78 is 0. The molecule has 1 unspecified atom stereocenters. The maximum Gasteiger partial charge on any atom is 0.191 e. The zero-order valence-electron chi connectivity index (χ0n) is 18.1. The monoisotopic (exact) mass is 533 g/mol. The van der Waals surface area contributed by atoms with E-state index in [1.54, 1.807) is 0 Å². The van der Waals surface area contributed by atoms with Crippen LogP contribution in [0.25, 0.3) is 0 Å². The molecule has 1 aromatic heterocycles. The van der Waals surface area contributed by atoms with Gasteiger partial charge in [-0.15, -0.1) is 35.3 Å². The molecule has 1 atom stereocenters. The Morgan fingerprint density at radius 3 is 2.48 bits per heavy atom. The fourth-order valence-electron chi connectivity index (χ4n) is 4.38. The molecule has 0 amide bonds. The van der Waals surface area contributed by atoms with Gasteiger partial charge >= 0.3 is 0 Å². The average molecular weight is 534 g/mol. The molecule has 0 aromatic carbocycles. The van der Waals surface area contributed by atoms with Crippen LogP contribution in [0.5, 0.6) is 0 Å². The predicted molar refractivity (Wildman–Crippen MR) is 137 cm³/mol. The van der Waals surface area contributed by atoms with E-state index in [0.717, 1.165) is 19.0 Å². The number of hydrogen-bond acceptors (Lipinski definition) is 4. The highest BCUT2D eigenvalue weighted by Crippen LogP contribution is 2.27. The Balaban J connectivity index is 0.00000300. The summed E-state index contributed by atoms with van der Waals surface area (Å²) in [5.74, 6) is 0.941. The molecule has 166 valence electrons. The maximum atomic E-state index is 4.43. The van der Waals surface area contributed by atoms with Crippen LogP contribution in [-0.4, -0.2) is 68.6 Å². The number of hydrogen-bond donors (Lipinski definition) is 2. The van der Waals surface area contributed by atoms with E-state index in [0.29, 0.717) is 6.04 Å². The van der Waals surface area contributed by atoms with Crippen molar-refractivity contribution in [3.8, 4) is 0 Å². The summed E-state index contributed by atoms with van der Waals surface area (Å²) in [6.45, 7) is 8.28. The van der Waals surface area contributed by atoms with Crippen LogP contribution in [0.3, 0.4) is 0 Å². The molecule has 29 heavy (non-hydrogen) atoms. The zero-order chi connectivity index (χ0) is 19.4. The lowest BCUT2D eigenvalue weighted by Gasteiger charge is -2.27. The summed E-state index contributed by atoms with van der Waals surface area (Å²) in [6.07, 6.45) is 10.7. The van der Waals surface area contributed by atoms with Gasteiger partial charge in [0.05, 0.1) is 6.04 Å². The summed E-state index contributed by atoms with van der Waals surface area (Å²) in [5.41, 5.74) is 0. The first kappa shape index (κ1) is 24.9. The average Bonchev–Trinajstić information content (AvgIpc) is 3.45. The van der Waals surface area contributed by atoms with Crippen molar-refractivity contribution in [2.75, 3.05) is 52.9 Å². The van der Waals surface area contributed by atoms with Gasteiger partial charge in [-0.25, -0.2) is 0 Å². The molecule has 1 aromatic rings. The number of halogens is 1. The fraction of sp³-hybridized carbons (Fsp3) is 0.773. The van der Waals surface area contributed by atoms with Gasteiger partial charge in [-0.3, -0.25) is 9.89 Å². The van der Waals surface area contributed by atoms with Crippen LogP contribution in [0.4, 0.5) is 0 Å². The summed E-state index contributed by atoms with van der Waals surface area (Å²) in [7, 11) is 1.88. The second kappa shape index (κ2) is 14.6. The van der Waals surface area contributed by atoms with Crippen LogP contribution in [0.15, 0.2) is 22.5 Å². The molecule has 2 aliphatic rings. The molecule has 0 radical (unpaired) electrons. The number of nitrogens with zero attached hydrogens (tertiary/aromatic N) is 3. The van der Waals surface area contributed by atoms with Gasteiger partial charge in [0.2, 0.25) is 0 Å². The Morgan fingerprint density at radius 2 is 1.79 bits per heavy atom. The van der Waals surface area contributed by atoms with Crippen LogP contribution in [-0.2, 0) is 0 Å². The Kier molecular flexibility index (Phi) is 12.5. The SMILES string of the molecule is CN=C(NCCCCCN1CCCCC1)NCC(c1cccs1)N1CCCC1.I. The Hall–Kier alpha value is -0.380. The van der Waals surface area contributed by atoms with Gasteiger partial charge in [-0.2, -0.15) is 0 Å². The van der Waals surface area contributed by atoms with Crippen molar-refractivity contribution < 1.29 is 0 Å². The van der Waals surface area contributed by atoms with Crippen molar-refractivity contribution in [1.29, 1.82) is 0 Å². The first-order valence-electron chi connectivity index (χ1n) is 11.3. The molecule has 0 bridgehead atoms. The molecule has 2 fully saturated rings. The summed E-state index contributed by atoms with van der Waals surface area (Å²) >= 11 is 1.87. The number of nitrogens with one attached hydrogen (secondary N) is 2. The number of unbranched alkanes of at least 4 members (excludes halogenated alkanes) is 2. The van der Waals surface area contributed by atoms with Crippen molar-refractivity contribution in [3.63, 3.8) is 0 Å². The van der Waals surface area contributed by atoms with Gasteiger partial charge in [-0.1, -0.05) is 18.9 Å². The molecule has 3 heterocycles. The van der Waals surface area contributed by atoms with Crippen molar-refractivity contribution in [1.82, 2.24) is 20.4 Å². The first-order valence-corrected chi connectivity index (χ1v) is 12.2. The Labute approximate surface area is 198 Å². The van der Waals surface area contributed by atoms with Crippen LogP contribution in [0.2, 0.25) is 0 Å². The second-order valence-corrected chi connectivity index (χ2v) is 9.10. The van der Waals surface area contributed by atoms with E-state index in [9.17, 15) is 0 Å². The zero-order valence-corrected chi connectivity index (χ0v) is 21.2. The molecule has 3 rings (SSSR count). The molecular formula is C22H40IN5S. The number of piperidine rings is 1. The Bertz CT molecular complexity index is 554. The van der Waals surface area contributed by atoms with E-state index >= 15 is 0 Å². The van der Waals surface area contributed by atoms with E-state index in [4.69, 9.17) is 0 Å². The van der Waals surface area contributed by atoms with Crippen molar-refractivity contribution in [2.24, 2.45) is 4.99 Å².